The maximum Gasteiger partial charge on any atom is 0.416 e. The molecular weight excluding hydrogens is 347 g/mol. The largest absolute Gasteiger partial charge is 0.416 e. The Kier molecular flexibility index (Phi) is 3.67. The van der Waals surface area contributed by atoms with Crippen LogP contribution in [0, 0.1) is 6.92 Å². The number of aryl methyl sites for hydroxylation is 1. The zero-order valence-electron chi connectivity index (χ0n) is 12.4. The van der Waals surface area contributed by atoms with Crippen LogP contribution in [0.3, 0.4) is 0 Å². The fourth-order valence-electron chi connectivity index (χ4n) is 2.47. The van der Waals surface area contributed by atoms with E-state index < -0.39 is 21.8 Å². The second kappa shape index (κ2) is 5.33. The minimum Gasteiger partial charge on any atom is -0.276 e. The molecule has 1 aromatic heterocycles. The monoisotopic (exact) mass is 359 g/mol. The molecule has 6 nitrogen and oxygen atoms in total. The highest BCUT2D eigenvalue weighted by Gasteiger charge is 2.35. The van der Waals surface area contributed by atoms with Crippen molar-refractivity contribution in [2.75, 3.05) is 10.8 Å². The lowest BCUT2D eigenvalue weighted by atomic mass is 10.2. The van der Waals surface area contributed by atoms with Crippen LogP contribution in [0.5, 0.6) is 0 Å². The molecule has 0 aliphatic carbocycles. The first-order valence-corrected chi connectivity index (χ1v) is 8.33. The van der Waals surface area contributed by atoms with Gasteiger partial charge in [-0.15, -0.1) is 0 Å². The Labute approximate surface area is 135 Å². The summed E-state index contributed by atoms with van der Waals surface area (Å²) in [5.74, 6) is -0.0279. The van der Waals surface area contributed by atoms with Gasteiger partial charge in [-0.3, -0.25) is 9.36 Å². The van der Waals surface area contributed by atoms with Crippen LogP contribution in [0.25, 0.3) is 0 Å². The molecule has 1 aliphatic heterocycles. The van der Waals surface area contributed by atoms with Crippen LogP contribution in [-0.2, 0) is 22.7 Å². The lowest BCUT2D eigenvalue weighted by molar-refractivity contribution is -0.137. The molecule has 0 radical (unpaired) electrons. The molecule has 0 fully saturated rings. The van der Waals surface area contributed by atoms with Crippen molar-refractivity contribution in [3.8, 4) is 0 Å². The molecule has 0 saturated carbocycles. The molecular formula is C14H12F3N3O3S. The van der Waals surface area contributed by atoms with E-state index in [1.165, 1.54) is 10.6 Å². The maximum atomic E-state index is 12.7. The van der Waals surface area contributed by atoms with E-state index in [-0.39, 0.29) is 29.5 Å². The van der Waals surface area contributed by atoms with Gasteiger partial charge >= 0.3 is 6.18 Å². The summed E-state index contributed by atoms with van der Waals surface area (Å²) in [4.78, 5) is 15.7. The normalized spacial score (nSPS) is 14.8. The second-order valence-electron chi connectivity index (χ2n) is 5.29. The second-order valence-corrected chi connectivity index (χ2v) is 7.15. The van der Waals surface area contributed by atoms with Gasteiger partial charge in [0.1, 0.15) is 0 Å². The van der Waals surface area contributed by atoms with E-state index in [2.05, 4.69) is 4.98 Å². The molecule has 1 aliphatic rings. The molecule has 0 unspecified atom stereocenters. The van der Waals surface area contributed by atoms with Crippen LogP contribution in [0.1, 0.15) is 11.3 Å². The zero-order valence-corrected chi connectivity index (χ0v) is 13.2. The van der Waals surface area contributed by atoms with Crippen LogP contribution < -0.4 is 9.86 Å². The minimum absolute atomic E-state index is 0.00491. The van der Waals surface area contributed by atoms with Crippen molar-refractivity contribution in [3.05, 3.63) is 51.9 Å². The van der Waals surface area contributed by atoms with Crippen molar-refractivity contribution >= 4 is 16.0 Å². The molecule has 10 heteroatoms. The number of halogens is 3. The van der Waals surface area contributed by atoms with Gasteiger partial charge in [0.15, 0.2) is 0 Å². The summed E-state index contributed by atoms with van der Waals surface area (Å²) in [6.45, 7) is 1.69. The van der Waals surface area contributed by atoms with E-state index in [1.54, 1.807) is 6.92 Å². The Morgan fingerprint density at radius 1 is 1.12 bits per heavy atom. The van der Waals surface area contributed by atoms with Crippen molar-refractivity contribution in [1.29, 1.82) is 0 Å². The smallest absolute Gasteiger partial charge is 0.276 e. The number of aromatic nitrogens is 2. The van der Waals surface area contributed by atoms with Gasteiger partial charge in [-0.25, -0.2) is 17.7 Å². The highest BCUT2D eigenvalue weighted by atomic mass is 32.2. The molecule has 0 saturated heterocycles. The Morgan fingerprint density at radius 3 is 2.33 bits per heavy atom. The van der Waals surface area contributed by atoms with Gasteiger partial charge in [-0.05, 0) is 31.2 Å². The summed E-state index contributed by atoms with van der Waals surface area (Å²) in [6, 6.07) is 4.50. The number of rotatable bonds is 2. The maximum absolute atomic E-state index is 12.7. The number of hydrogen-bond acceptors (Lipinski definition) is 4. The lowest BCUT2D eigenvalue weighted by Gasteiger charge is -2.18. The van der Waals surface area contributed by atoms with E-state index in [1.807, 2.05) is 0 Å². The van der Waals surface area contributed by atoms with E-state index in [0.29, 0.717) is 17.8 Å². The SMILES string of the molecule is Cc1cc(=O)n2c(n1)N(S(=O)(=O)c1ccc(C(F)(F)F)cc1)CC2. The van der Waals surface area contributed by atoms with Gasteiger partial charge in [-0.1, -0.05) is 0 Å². The zero-order chi connectivity index (χ0) is 17.7. The summed E-state index contributed by atoms with van der Waals surface area (Å²) in [5, 5.41) is 0. The molecule has 3 rings (SSSR count). The fourth-order valence-corrected chi connectivity index (χ4v) is 3.88. The fraction of sp³-hybridized carbons (Fsp3) is 0.286. The number of hydrogen-bond donors (Lipinski definition) is 0. The van der Waals surface area contributed by atoms with E-state index in [9.17, 15) is 26.4 Å². The summed E-state index contributed by atoms with van der Waals surface area (Å²) < 4.78 is 65.3. The van der Waals surface area contributed by atoms with Crippen LogP contribution >= 0.6 is 0 Å². The Balaban J connectivity index is 2.04. The van der Waals surface area contributed by atoms with Gasteiger partial charge in [0.05, 0.1) is 17.0 Å². The van der Waals surface area contributed by atoms with E-state index in [4.69, 9.17) is 0 Å². The molecule has 128 valence electrons. The highest BCUT2D eigenvalue weighted by molar-refractivity contribution is 7.92. The Bertz CT molecular complexity index is 950. The number of nitrogens with zero attached hydrogens (tertiary/aromatic N) is 3. The van der Waals surface area contributed by atoms with Crippen LogP contribution in [0.15, 0.2) is 40.0 Å². The lowest BCUT2D eigenvalue weighted by Crippen LogP contribution is -2.30. The summed E-state index contributed by atoms with van der Waals surface area (Å²) in [5.41, 5.74) is -0.947. The van der Waals surface area contributed by atoms with Gasteiger partial charge in [0, 0.05) is 18.3 Å². The molecule has 1 aromatic carbocycles. The van der Waals surface area contributed by atoms with E-state index in [0.717, 1.165) is 16.4 Å². The quantitative estimate of drug-likeness (QED) is 0.819. The molecule has 2 heterocycles. The first-order valence-electron chi connectivity index (χ1n) is 6.89. The predicted octanol–water partition coefficient (Wildman–Crippen LogP) is 1.78. The average Bonchev–Trinajstić information content (AvgIpc) is 2.91. The van der Waals surface area contributed by atoms with Crippen LogP contribution in [0.4, 0.5) is 19.1 Å². The van der Waals surface area contributed by atoms with E-state index >= 15 is 0 Å². The molecule has 0 atom stereocenters. The standard InChI is InChI=1S/C14H12F3N3O3S/c1-9-8-12(21)19-6-7-20(13(19)18-9)24(22,23)11-4-2-10(3-5-11)14(15,16)17/h2-5,8H,6-7H2,1H3. The third-order valence-corrected chi connectivity index (χ3v) is 5.43. The van der Waals surface area contributed by atoms with Crippen molar-refractivity contribution in [2.45, 2.75) is 24.5 Å². The average molecular weight is 359 g/mol. The first-order chi connectivity index (χ1) is 11.1. The molecule has 0 spiro atoms. The summed E-state index contributed by atoms with van der Waals surface area (Å²) >= 11 is 0. The third kappa shape index (κ3) is 2.66. The first kappa shape index (κ1) is 16.5. The van der Waals surface area contributed by atoms with Crippen LogP contribution in [-0.4, -0.2) is 24.5 Å². The van der Waals surface area contributed by atoms with Crippen LogP contribution in [0.2, 0.25) is 0 Å². The molecule has 2 aromatic rings. The Hall–Kier alpha value is -2.36. The van der Waals surface area contributed by atoms with Gasteiger partial charge in [0.25, 0.3) is 15.6 Å². The molecule has 0 amide bonds. The minimum atomic E-state index is -4.55. The van der Waals surface area contributed by atoms with Gasteiger partial charge in [-0.2, -0.15) is 13.2 Å². The number of alkyl halides is 3. The number of anilines is 1. The number of benzene rings is 1. The third-order valence-electron chi connectivity index (χ3n) is 3.64. The van der Waals surface area contributed by atoms with Gasteiger partial charge in [0.2, 0.25) is 5.95 Å². The summed E-state index contributed by atoms with van der Waals surface area (Å²) in [7, 11) is -4.10. The molecule has 0 N–H and O–H groups in total. The topological polar surface area (TPSA) is 72.3 Å². The number of sulfonamides is 1. The predicted molar refractivity (Wildman–Crippen MR) is 79.2 cm³/mol. The van der Waals surface area contributed by atoms with Gasteiger partial charge < -0.3 is 0 Å². The van der Waals surface area contributed by atoms with Crippen molar-refractivity contribution in [2.24, 2.45) is 0 Å². The molecule has 0 bridgehead atoms. The summed E-state index contributed by atoms with van der Waals surface area (Å²) in [6.07, 6.45) is -4.55. The Morgan fingerprint density at radius 2 is 1.75 bits per heavy atom. The van der Waals surface area contributed by atoms with Crippen molar-refractivity contribution < 1.29 is 21.6 Å². The highest BCUT2D eigenvalue weighted by Crippen LogP contribution is 2.31. The molecule has 24 heavy (non-hydrogen) atoms. The number of fused-ring (bicyclic) bond motifs is 1. The van der Waals surface area contributed by atoms with Crippen molar-refractivity contribution in [3.63, 3.8) is 0 Å². The van der Waals surface area contributed by atoms with Crippen molar-refractivity contribution in [1.82, 2.24) is 9.55 Å².